The Labute approximate surface area is 85.1 Å². The van der Waals surface area contributed by atoms with E-state index in [9.17, 15) is 4.79 Å². The van der Waals surface area contributed by atoms with Gasteiger partial charge in [-0.05, 0) is 32.6 Å². The van der Waals surface area contributed by atoms with Crippen LogP contribution in [0.2, 0.25) is 0 Å². The molecule has 14 heavy (non-hydrogen) atoms. The number of carbonyl (C=O) groups excluding carboxylic acids is 1. The van der Waals surface area contributed by atoms with E-state index in [1.54, 1.807) is 6.92 Å². The molecule has 1 amide bonds. The molecule has 1 saturated heterocycles. The maximum absolute atomic E-state index is 11.7. The first-order chi connectivity index (χ1) is 6.66. The second-order valence-corrected chi connectivity index (χ2v) is 3.98. The van der Waals surface area contributed by atoms with Gasteiger partial charge in [0.15, 0.2) is 0 Å². The molecule has 4 nitrogen and oxygen atoms in total. The second kappa shape index (κ2) is 5.32. The van der Waals surface area contributed by atoms with E-state index in [-0.39, 0.29) is 12.5 Å². The van der Waals surface area contributed by atoms with Crippen LogP contribution in [-0.2, 0) is 4.79 Å². The number of carbonyl (C=O) groups is 1. The van der Waals surface area contributed by atoms with Crippen LogP contribution in [0.4, 0.5) is 0 Å². The zero-order valence-electron chi connectivity index (χ0n) is 8.78. The Hall–Kier alpha value is -0.610. The number of aliphatic hydroxyl groups is 1. The SMILES string of the molecule is C[C@H](N)C(=O)N1CCCC1CCCO. The van der Waals surface area contributed by atoms with Crippen molar-refractivity contribution in [2.45, 2.75) is 44.7 Å². The fourth-order valence-electron chi connectivity index (χ4n) is 2.01. The number of hydrogen-bond donors (Lipinski definition) is 2. The highest BCUT2D eigenvalue weighted by Gasteiger charge is 2.29. The molecule has 1 rings (SSSR count). The van der Waals surface area contributed by atoms with Crippen LogP contribution in [-0.4, -0.2) is 41.1 Å². The predicted molar refractivity (Wildman–Crippen MR) is 54.7 cm³/mol. The molecule has 0 aromatic rings. The van der Waals surface area contributed by atoms with Gasteiger partial charge in [0.2, 0.25) is 5.91 Å². The summed E-state index contributed by atoms with van der Waals surface area (Å²) >= 11 is 0. The van der Waals surface area contributed by atoms with Crippen LogP contribution in [0.3, 0.4) is 0 Å². The van der Waals surface area contributed by atoms with E-state index < -0.39 is 6.04 Å². The van der Waals surface area contributed by atoms with E-state index in [2.05, 4.69) is 0 Å². The van der Waals surface area contributed by atoms with Gasteiger partial charge in [-0.3, -0.25) is 4.79 Å². The molecule has 0 radical (unpaired) electrons. The first kappa shape index (κ1) is 11.5. The first-order valence-corrected chi connectivity index (χ1v) is 5.33. The predicted octanol–water partition coefficient (Wildman–Crippen LogP) is 0.0971. The number of aliphatic hydroxyl groups excluding tert-OH is 1. The number of amides is 1. The minimum absolute atomic E-state index is 0.0467. The molecule has 1 heterocycles. The Morgan fingerprint density at radius 1 is 1.71 bits per heavy atom. The van der Waals surface area contributed by atoms with Gasteiger partial charge in [0, 0.05) is 19.2 Å². The van der Waals surface area contributed by atoms with Crippen molar-refractivity contribution in [1.29, 1.82) is 0 Å². The lowest BCUT2D eigenvalue weighted by atomic mass is 10.1. The van der Waals surface area contributed by atoms with E-state index in [0.29, 0.717) is 6.04 Å². The summed E-state index contributed by atoms with van der Waals surface area (Å²) in [5, 5.41) is 8.73. The minimum Gasteiger partial charge on any atom is -0.396 e. The van der Waals surface area contributed by atoms with Crippen molar-refractivity contribution in [3.8, 4) is 0 Å². The Balaban J connectivity index is 2.46. The van der Waals surface area contributed by atoms with Crippen LogP contribution in [0.1, 0.15) is 32.6 Å². The van der Waals surface area contributed by atoms with E-state index in [1.807, 2.05) is 4.90 Å². The van der Waals surface area contributed by atoms with Crippen molar-refractivity contribution in [3.05, 3.63) is 0 Å². The molecule has 4 heteroatoms. The third kappa shape index (κ3) is 2.69. The summed E-state index contributed by atoms with van der Waals surface area (Å²) < 4.78 is 0. The third-order valence-corrected chi connectivity index (χ3v) is 2.75. The standard InChI is InChI=1S/C10H20N2O2/c1-8(11)10(14)12-6-2-4-9(12)5-3-7-13/h8-9,13H,2-7,11H2,1H3/t8-,9?/m0/s1. The van der Waals surface area contributed by atoms with Gasteiger partial charge < -0.3 is 15.7 Å². The van der Waals surface area contributed by atoms with E-state index in [1.165, 1.54) is 0 Å². The molecule has 0 saturated carbocycles. The van der Waals surface area contributed by atoms with Crippen LogP contribution in [0.25, 0.3) is 0 Å². The summed E-state index contributed by atoms with van der Waals surface area (Å²) in [6.07, 6.45) is 3.79. The van der Waals surface area contributed by atoms with Gasteiger partial charge in [-0.25, -0.2) is 0 Å². The molecule has 2 atom stereocenters. The molecule has 0 spiro atoms. The van der Waals surface area contributed by atoms with Crippen molar-refractivity contribution in [3.63, 3.8) is 0 Å². The van der Waals surface area contributed by atoms with E-state index in [0.717, 1.165) is 32.2 Å². The lowest BCUT2D eigenvalue weighted by molar-refractivity contribution is -0.133. The normalized spacial score (nSPS) is 23.9. The fraction of sp³-hybridized carbons (Fsp3) is 0.900. The maximum Gasteiger partial charge on any atom is 0.239 e. The van der Waals surface area contributed by atoms with Crippen LogP contribution < -0.4 is 5.73 Å². The summed E-state index contributed by atoms with van der Waals surface area (Å²) in [5.41, 5.74) is 5.57. The summed E-state index contributed by atoms with van der Waals surface area (Å²) in [7, 11) is 0. The van der Waals surface area contributed by atoms with Gasteiger partial charge in [-0.15, -0.1) is 0 Å². The van der Waals surface area contributed by atoms with Crippen LogP contribution in [0, 0.1) is 0 Å². The van der Waals surface area contributed by atoms with Crippen LogP contribution in [0.15, 0.2) is 0 Å². The molecule has 3 N–H and O–H groups in total. The summed E-state index contributed by atoms with van der Waals surface area (Å²) in [6, 6.07) is -0.0922. The van der Waals surface area contributed by atoms with Crippen molar-refractivity contribution in [1.82, 2.24) is 4.90 Å². The largest absolute Gasteiger partial charge is 0.396 e. The number of hydrogen-bond acceptors (Lipinski definition) is 3. The highest BCUT2D eigenvalue weighted by atomic mass is 16.3. The summed E-state index contributed by atoms with van der Waals surface area (Å²) in [6.45, 7) is 2.76. The Bertz CT molecular complexity index is 195. The van der Waals surface area contributed by atoms with Crippen molar-refractivity contribution in [2.75, 3.05) is 13.2 Å². The number of nitrogens with two attached hydrogens (primary N) is 1. The molecular weight excluding hydrogens is 180 g/mol. The minimum atomic E-state index is -0.398. The molecule has 0 bridgehead atoms. The molecular formula is C10H20N2O2. The summed E-state index contributed by atoms with van der Waals surface area (Å²) in [5.74, 6) is 0.0467. The molecule has 0 aliphatic carbocycles. The number of nitrogens with zero attached hydrogens (tertiary/aromatic N) is 1. The number of likely N-dealkylation sites (tertiary alicyclic amines) is 1. The van der Waals surface area contributed by atoms with Crippen LogP contribution in [0.5, 0.6) is 0 Å². The smallest absolute Gasteiger partial charge is 0.239 e. The number of rotatable bonds is 4. The van der Waals surface area contributed by atoms with Gasteiger partial charge in [-0.2, -0.15) is 0 Å². The van der Waals surface area contributed by atoms with Gasteiger partial charge >= 0.3 is 0 Å². The van der Waals surface area contributed by atoms with Crippen molar-refractivity contribution >= 4 is 5.91 Å². The average Bonchev–Trinajstić information content (AvgIpc) is 2.61. The Morgan fingerprint density at radius 2 is 2.43 bits per heavy atom. The van der Waals surface area contributed by atoms with Gasteiger partial charge in [0.05, 0.1) is 6.04 Å². The van der Waals surface area contributed by atoms with Gasteiger partial charge in [0.25, 0.3) is 0 Å². The monoisotopic (exact) mass is 200 g/mol. The molecule has 1 aliphatic heterocycles. The first-order valence-electron chi connectivity index (χ1n) is 5.33. The lowest BCUT2D eigenvalue weighted by Gasteiger charge is -2.26. The molecule has 1 fully saturated rings. The van der Waals surface area contributed by atoms with Crippen molar-refractivity contribution < 1.29 is 9.90 Å². The highest BCUT2D eigenvalue weighted by Crippen LogP contribution is 2.21. The van der Waals surface area contributed by atoms with Crippen LogP contribution >= 0.6 is 0 Å². The molecule has 1 unspecified atom stereocenters. The second-order valence-electron chi connectivity index (χ2n) is 3.98. The Kier molecular flexibility index (Phi) is 4.35. The zero-order valence-corrected chi connectivity index (χ0v) is 8.78. The third-order valence-electron chi connectivity index (χ3n) is 2.75. The fourth-order valence-corrected chi connectivity index (χ4v) is 2.01. The maximum atomic E-state index is 11.7. The quantitative estimate of drug-likeness (QED) is 0.676. The zero-order chi connectivity index (χ0) is 10.6. The highest BCUT2D eigenvalue weighted by molar-refractivity contribution is 5.81. The molecule has 0 aromatic heterocycles. The van der Waals surface area contributed by atoms with Gasteiger partial charge in [-0.1, -0.05) is 0 Å². The van der Waals surface area contributed by atoms with Gasteiger partial charge in [0.1, 0.15) is 0 Å². The molecule has 1 aliphatic rings. The molecule has 0 aromatic carbocycles. The average molecular weight is 200 g/mol. The topological polar surface area (TPSA) is 66.6 Å². The lowest BCUT2D eigenvalue weighted by Crippen LogP contribution is -2.44. The molecule has 82 valence electrons. The van der Waals surface area contributed by atoms with E-state index in [4.69, 9.17) is 10.8 Å². The van der Waals surface area contributed by atoms with Crippen molar-refractivity contribution in [2.24, 2.45) is 5.73 Å². The van der Waals surface area contributed by atoms with E-state index >= 15 is 0 Å². The Morgan fingerprint density at radius 3 is 3.00 bits per heavy atom. The summed E-state index contributed by atoms with van der Waals surface area (Å²) in [4.78, 5) is 13.5.